The molecule has 0 unspecified atom stereocenters. The quantitative estimate of drug-likeness (QED) is 0.857. The number of nitrogens with zero attached hydrogens (tertiary/aromatic N) is 1. The van der Waals surface area contributed by atoms with Crippen LogP contribution in [0.5, 0.6) is 5.75 Å². The Morgan fingerprint density at radius 2 is 2.15 bits per heavy atom. The van der Waals surface area contributed by atoms with Gasteiger partial charge in [0.2, 0.25) is 0 Å². The van der Waals surface area contributed by atoms with Gasteiger partial charge in [0.25, 0.3) is 0 Å². The number of carboxylic acids is 1. The van der Waals surface area contributed by atoms with Crippen molar-refractivity contribution in [2.24, 2.45) is 0 Å². The van der Waals surface area contributed by atoms with E-state index in [1.165, 1.54) is 6.92 Å². The van der Waals surface area contributed by atoms with E-state index in [2.05, 4.69) is 4.98 Å². The van der Waals surface area contributed by atoms with Crippen LogP contribution < -0.4 is 4.74 Å². The lowest BCUT2D eigenvalue weighted by Gasteiger charge is -2.04. The number of hydrogen-bond acceptors (Lipinski definition) is 5. The molecule has 104 valence electrons. The average molecular weight is 291 g/mol. The molecule has 1 aromatic heterocycles. The Hall–Kier alpha value is -2.21. The van der Waals surface area contributed by atoms with E-state index in [0.717, 1.165) is 16.9 Å². The molecular formula is C14H13NO4S. The smallest absolute Gasteiger partial charge is 0.348 e. The highest BCUT2D eigenvalue weighted by atomic mass is 32.1. The van der Waals surface area contributed by atoms with Crippen LogP contribution >= 0.6 is 11.3 Å². The number of aromatic nitrogens is 1. The molecule has 0 saturated heterocycles. The van der Waals surface area contributed by atoms with Crippen molar-refractivity contribution in [1.82, 2.24) is 4.98 Å². The Labute approximate surface area is 119 Å². The Kier molecular flexibility index (Phi) is 4.14. The van der Waals surface area contributed by atoms with E-state index in [9.17, 15) is 9.59 Å². The van der Waals surface area contributed by atoms with Crippen LogP contribution in [0.25, 0.3) is 0 Å². The maximum Gasteiger partial charge on any atom is 0.348 e. The fourth-order valence-corrected chi connectivity index (χ4v) is 2.52. The number of hydrogen-bond donors (Lipinski definition) is 1. The SMILES string of the molecule is CC(=O)c1nc(COc2cccc(C)c2)sc1C(=O)O. The molecule has 0 amide bonds. The molecular weight excluding hydrogens is 278 g/mol. The summed E-state index contributed by atoms with van der Waals surface area (Å²) in [6.07, 6.45) is 0. The van der Waals surface area contributed by atoms with Crippen molar-refractivity contribution in [2.45, 2.75) is 20.5 Å². The summed E-state index contributed by atoms with van der Waals surface area (Å²) in [6, 6.07) is 7.50. The zero-order valence-electron chi connectivity index (χ0n) is 11.0. The number of carbonyl (C=O) groups is 2. The fourth-order valence-electron chi connectivity index (χ4n) is 1.66. The number of ether oxygens (including phenoxy) is 1. The molecule has 1 aromatic carbocycles. The predicted molar refractivity (Wildman–Crippen MR) is 74.6 cm³/mol. The van der Waals surface area contributed by atoms with Crippen molar-refractivity contribution in [3.63, 3.8) is 0 Å². The van der Waals surface area contributed by atoms with E-state index in [0.29, 0.717) is 10.8 Å². The fraction of sp³-hybridized carbons (Fsp3) is 0.214. The molecule has 0 bridgehead atoms. The second-order valence-electron chi connectivity index (χ2n) is 4.25. The molecule has 5 nitrogen and oxygen atoms in total. The minimum atomic E-state index is -1.14. The molecule has 0 fully saturated rings. The van der Waals surface area contributed by atoms with Gasteiger partial charge in [-0.05, 0) is 24.6 Å². The monoisotopic (exact) mass is 291 g/mol. The van der Waals surface area contributed by atoms with Crippen molar-refractivity contribution in [3.8, 4) is 5.75 Å². The van der Waals surface area contributed by atoms with Crippen molar-refractivity contribution in [2.75, 3.05) is 0 Å². The number of rotatable bonds is 5. The zero-order chi connectivity index (χ0) is 14.7. The number of Topliss-reactive ketones (excluding diaryl/α,β-unsaturated/α-hetero) is 1. The molecule has 2 aromatic rings. The number of aryl methyl sites for hydroxylation is 1. The van der Waals surface area contributed by atoms with Crippen molar-refractivity contribution in [1.29, 1.82) is 0 Å². The zero-order valence-corrected chi connectivity index (χ0v) is 11.9. The number of carboxylic acid groups (broad SMARTS) is 1. The standard InChI is InChI=1S/C14H13NO4S/c1-8-4-3-5-10(6-8)19-7-11-15-12(9(2)16)13(20-11)14(17)18/h3-6H,7H2,1-2H3,(H,17,18). The number of thiazole rings is 1. The highest BCUT2D eigenvalue weighted by Gasteiger charge is 2.20. The first-order valence-electron chi connectivity index (χ1n) is 5.91. The Bertz CT molecular complexity index is 631. The van der Waals surface area contributed by atoms with Crippen LogP contribution in [0.3, 0.4) is 0 Å². The molecule has 1 N–H and O–H groups in total. The lowest BCUT2D eigenvalue weighted by Crippen LogP contribution is -2.03. The molecule has 20 heavy (non-hydrogen) atoms. The first kappa shape index (κ1) is 14.2. The summed E-state index contributed by atoms with van der Waals surface area (Å²) < 4.78 is 5.54. The predicted octanol–water partition coefficient (Wildman–Crippen LogP) is 2.93. The van der Waals surface area contributed by atoms with Gasteiger partial charge in [-0.15, -0.1) is 11.3 Å². The summed E-state index contributed by atoms with van der Waals surface area (Å²) in [7, 11) is 0. The maximum absolute atomic E-state index is 11.3. The van der Waals surface area contributed by atoms with E-state index in [1.807, 2.05) is 31.2 Å². The van der Waals surface area contributed by atoms with Gasteiger partial charge in [0.05, 0.1) is 0 Å². The van der Waals surface area contributed by atoms with Crippen LogP contribution in [-0.4, -0.2) is 21.8 Å². The van der Waals surface area contributed by atoms with Crippen molar-refractivity contribution in [3.05, 3.63) is 45.4 Å². The Morgan fingerprint density at radius 3 is 2.70 bits per heavy atom. The minimum absolute atomic E-state index is 0.00894. The van der Waals surface area contributed by atoms with Gasteiger partial charge in [0.15, 0.2) is 5.78 Å². The van der Waals surface area contributed by atoms with Crippen LogP contribution in [0.15, 0.2) is 24.3 Å². The number of carbonyl (C=O) groups excluding carboxylic acids is 1. The lowest BCUT2D eigenvalue weighted by molar-refractivity contribution is 0.0697. The van der Waals surface area contributed by atoms with Crippen LogP contribution in [0, 0.1) is 6.92 Å². The molecule has 1 heterocycles. The Morgan fingerprint density at radius 1 is 1.40 bits per heavy atom. The lowest BCUT2D eigenvalue weighted by atomic mass is 10.2. The summed E-state index contributed by atoms with van der Waals surface area (Å²) in [5.41, 5.74) is 1.06. The van der Waals surface area contributed by atoms with Crippen molar-refractivity contribution >= 4 is 23.1 Å². The van der Waals surface area contributed by atoms with Gasteiger partial charge in [0, 0.05) is 6.92 Å². The van der Waals surface area contributed by atoms with Gasteiger partial charge in [-0.3, -0.25) is 4.79 Å². The largest absolute Gasteiger partial charge is 0.486 e. The highest BCUT2D eigenvalue weighted by molar-refractivity contribution is 7.13. The summed E-state index contributed by atoms with van der Waals surface area (Å²) in [6.45, 7) is 3.39. The summed E-state index contributed by atoms with van der Waals surface area (Å²) in [5.74, 6) is -0.823. The molecule has 0 aliphatic rings. The minimum Gasteiger partial charge on any atom is -0.486 e. The molecule has 0 saturated carbocycles. The number of benzene rings is 1. The summed E-state index contributed by atoms with van der Waals surface area (Å²) in [4.78, 5) is 26.4. The number of aromatic carboxylic acids is 1. The van der Waals surface area contributed by atoms with Crippen LogP contribution in [0.4, 0.5) is 0 Å². The highest BCUT2D eigenvalue weighted by Crippen LogP contribution is 2.21. The molecule has 0 radical (unpaired) electrons. The first-order chi connectivity index (χ1) is 9.47. The average Bonchev–Trinajstić information content (AvgIpc) is 2.81. The van der Waals surface area contributed by atoms with Gasteiger partial charge in [0.1, 0.15) is 27.9 Å². The maximum atomic E-state index is 11.3. The van der Waals surface area contributed by atoms with Crippen LogP contribution in [0.1, 0.15) is 37.7 Å². The molecule has 0 aliphatic heterocycles. The third kappa shape index (κ3) is 3.21. The number of ketones is 1. The van der Waals surface area contributed by atoms with E-state index in [1.54, 1.807) is 0 Å². The topological polar surface area (TPSA) is 76.5 Å². The third-order valence-electron chi connectivity index (χ3n) is 2.55. The van der Waals surface area contributed by atoms with Crippen LogP contribution in [-0.2, 0) is 6.61 Å². The van der Waals surface area contributed by atoms with Crippen molar-refractivity contribution < 1.29 is 19.4 Å². The Balaban J connectivity index is 2.16. The molecule has 0 atom stereocenters. The van der Waals surface area contributed by atoms with E-state index in [-0.39, 0.29) is 23.0 Å². The normalized spacial score (nSPS) is 10.3. The van der Waals surface area contributed by atoms with Gasteiger partial charge in [-0.25, -0.2) is 9.78 Å². The molecule has 2 rings (SSSR count). The third-order valence-corrected chi connectivity index (χ3v) is 3.57. The van der Waals surface area contributed by atoms with E-state index >= 15 is 0 Å². The summed E-state index contributed by atoms with van der Waals surface area (Å²) in [5, 5.41) is 9.49. The van der Waals surface area contributed by atoms with E-state index in [4.69, 9.17) is 9.84 Å². The molecule has 0 spiro atoms. The molecule has 0 aliphatic carbocycles. The van der Waals surface area contributed by atoms with Gasteiger partial charge >= 0.3 is 5.97 Å². The van der Waals surface area contributed by atoms with Crippen LogP contribution in [0.2, 0.25) is 0 Å². The summed E-state index contributed by atoms with van der Waals surface area (Å²) >= 11 is 0.963. The molecule has 6 heteroatoms. The van der Waals surface area contributed by atoms with Gasteiger partial charge in [-0.2, -0.15) is 0 Å². The van der Waals surface area contributed by atoms with Gasteiger partial charge in [-0.1, -0.05) is 12.1 Å². The second-order valence-corrected chi connectivity index (χ2v) is 5.34. The van der Waals surface area contributed by atoms with E-state index < -0.39 is 5.97 Å². The van der Waals surface area contributed by atoms with Gasteiger partial charge < -0.3 is 9.84 Å². The first-order valence-corrected chi connectivity index (χ1v) is 6.72. The second kappa shape index (κ2) is 5.83.